The van der Waals surface area contributed by atoms with Gasteiger partial charge < -0.3 is 9.84 Å². The van der Waals surface area contributed by atoms with Crippen molar-refractivity contribution in [3.8, 4) is 5.75 Å². The van der Waals surface area contributed by atoms with Crippen LogP contribution in [-0.2, 0) is 4.79 Å². The van der Waals surface area contributed by atoms with Crippen molar-refractivity contribution < 1.29 is 19.4 Å². The van der Waals surface area contributed by atoms with Crippen LogP contribution in [0.15, 0.2) is 24.3 Å². The van der Waals surface area contributed by atoms with Crippen LogP contribution in [0.2, 0.25) is 0 Å². The van der Waals surface area contributed by atoms with Crippen LogP contribution in [0.5, 0.6) is 5.75 Å². The van der Waals surface area contributed by atoms with E-state index in [-0.39, 0.29) is 18.7 Å². The summed E-state index contributed by atoms with van der Waals surface area (Å²) in [5, 5.41) is 8.57. The van der Waals surface area contributed by atoms with Crippen molar-refractivity contribution in [3.05, 3.63) is 29.8 Å². The van der Waals surface area contributed by atoms with Crippen LogP contribution in [0, 0.1) is 0 Å². The van der Waals surface area contributed by atoms with Gasteiger partial charge in [-0.3, -0.25) is 14.5 Å². The summed E-state index contributed by atoms with van der Waals surface area (Å²) in [5.41, 5.74) is 0.602. The van der Waals surface area contributed by atoms with Gasteiger partial charge in [-0.25, -0.2) is 0 Å². The summed E-state index contributed by atoms with van der Waals surface area (Å²) in [7, 11) is 1.73. The number of hydrogen-bond acceptors (Lipinski definition) is 4. The van der Waals surface area contributed by atoms with Crippen LogP contribution in [0.1, 0.15) is 23.7 Å². The second-order valence-electron chi connectivity index (χ2n) is 4.26. The first-order valence-electron chi connectivity index (χ1n) is 6.19. The Kier molecular flexibility index (Phi) is 6.02. The number of benzene rings is 1. The Balaban J connectivity index is 2.50. The van der Waals surface area contributed by atoms with E-state index in [1.807, 2.05) is 6.92 Å². The lowest BCUT2D eigenvalue weighted by Gasteiger charge is -2.14. The zero-order valence-electron chi connectivity index (χ0n) is 11.3. The molecule has 1 N–H and O–H groups in total. The van der Waals surface area contributed by atoms with Crippen molar-refractivity contribution >= 4 is 11.8 Å². The van der Waals surface area contributed by atoms with E-state index in [1.54, 1.807) is 36.2 Å². The lowest BCUT2D eigenvalue weighted by Crippen LogP contribution is -2.28. The van der Waals surface area contributed by atoms with Gasteiger partial charge in [-0.1, -0.05) is 0 Å². The molecule has 0 amide bonds. The third-order valence-electron chi connectivity index (χ3n) is 2.61. The van der Waals surface area contributed by atoms with E-state index >= 15 is 0 Å². The number of carboxylic acid groups (broad SMARTS) is 1. The molecule has 0 unspecified atom stereocenters. The molecular weight excluding hydrogens is 246 g/mol. The summed E-state index contributed by atoms with van der Waals surface area (Å²) in [6, 6.07) is 6.96. The number of likely N-dealkylation sites (N-methyl/N-ethyl adjacent to an activating group) is 1. The van der Waals surface area contributed by atoms with E-state index in [0.717, 1.165) is 5.75 Å². The summed E-state index contributed by atoms with van der Waals surface area (Å²) in [5.74, 6) is -0.158. The molecule has 0 saturated carbocycles. The molecule has 1 rings (SSSR count). The largest absolute Gasteiger partial charge is 0.494 e. The molecule has 5 nitrogen and oxygen atoms in total. The normalized spacial score (nSPS) is 10.5. The third-order valence-corrected chi connectivity index (χ3v) is 2.61. The summed E-state index contributed by atoms with van der Waals surface area (Å²) >= 11 is 0. The average molecular weight is 265 g/mol. The first-order valence-corrected chi connectivity index (χ1v) is 6.19. The predicted octanol–water partition coefficient (Wildman–Crippen LogP) is 1.67. The summed E-state index contributed by atoms with van der Waals surface area (Å²) in [6.07, 6.45) is 0.0348. The molecule has 0 spiro atoms. The van der Waals surface area contributed by atoms with Gasteiger partial charge in [0.2, 0.25) is 0 Å². The molecule has 0 aliphatic heterocycles. The Morgan fingerprint density at radius 1 is 1.26 bits per heavy atom. The fraction of sp³-hybridized carbons (Fsp3) is 0.429. The molecular formula is C14H19NO4. The van der Waals surface area contributed by atoms with Gasteiger partial charge >= 0.3 is 5.97 Å². The van der Waals surface area contributed by atoms with Gasteiger partial charge in [0, 0.05) is 12.1 Å². The van der Waals surface area contributed by atoms with Crippen LogP contribution in [0.25, 0.3) is 0 Å². The van der Waals surface area contributed by atoms with Gasteiger partial charge in [0.1, 0.15) is 5.75 Å². The second kappa shape index (κ2) is 7.53. The van der Waals surface area contributed by atoms with Gasteiger partial charge in [0.05, 0.1) is 19.6 Å². The molecule has 0 atom stereocenters. The van der Waals surface area contributed by atoms with Crippen molar-refractivity contribution in [2.45, 2.75) is 13.3 Å². The van der Waals surface area contributed by atoms with Gasteiger partial charge in [-0.2, -0.15) is 0 Å². The van der Waals surface area contributed by atoms with E-state index in [1.165, 1.54) is 0 Å². The molecule has 104 valence electrons. The third kappa shape index (κ3) is 5.52. The molecule has 0 aliphatic rings. The lowest BCUT2D eigenvalue weighted by molar-refractivity contribution is -0.137. The minimum absolute atomic E-state index is 0.0315. The fourth-order valence-electron chi connectivity index (χ4n) is 1.61. The smallest absolute Gasteiger partial charge is 0.304 e. The Labute approximate surface area is 112 Å². The first kappa shape index (κ1) is 15.2. The molecule has 0 heterocycles. The predicted molar refractivity (Wildman–Crippen MR) is 71.7 cm³/mol. The minimum Gasteiger partial charge on any atom is -0.494 e. The Bertz CT molecular complexity index is 428. The van der Waals surface area contributed by atoms with Crippen molar-refractivity contribution in [1.29, 1.82) is 0 Å². The molecule has 0 fully saturated rings. The number of carboxylic acids is 1. The molecule has 0 radical (unpaired) electrons. The Morgan fingerprint density at radius 3 is 2.42 bits per heavy atom. The summed E-state index contributed by atoms with van der Waals surface area (Å²) < 4.78 is 5.30. The fourth-order valence-corrected chi connectivity index (χ4v) is 1.61. The standard InChI is InChI=1S/C14H19NO4/c1-3-19-12-6-4-11(5-7-12)13(16)10-15(2)9-8-14(17)18/h4-7H,3,8-10H2,1-2H3,(H,17,18). The second-order valence-corrected chi connectivity index (χ2v) is 4.26. The van der Waals surface area contributed by atoms with E-state index < -0.39 is 5.97 Å². The van der Waals surface area contributed by atoms with Gasteiger partial charge in [-0.15, -0.1) is 0 Å². The Morgan fingerprint density at radius 2 is 1.89 bits per heavy atom. The molecule has 5 heteroatoms. The number of carbonyl (C=O) groups excluding carboxylic acids is 1. The highest BCUT2D eigenvalue weighted by atomic mass is 16.5. The van der Waals surface area contributed by atoms with E-state index in [0.29, 0.717) is 18.7 Å². The monoisotopic (exact) mass is 265 g/mol. The molecule has 0 aliphatic carbocycles. The lowest BCUT2D eigenvalue weighted by atomic mass is 10.1. The van der Waals surface area contributed by atoms with Crippen LogP contribution in [-0.4, -0.2) is 48.5 Å². The van der Waals surface area contributed by atoms with Crippen LogP contribution in [0.4, 0.5) is 0 Å². The van der Waals surface area contributed by atoms with E-state index in [9.17, 15) is 9.59 Å². The molecule has 1 aromatic carbocycles. The minimum atomic E-state index is -0.861. The number of Topliss-reactive ketones (excluding diaryl/α,β-unsaturated/α-hetero) is 1. The highest BCUT2D eigenvalue weighted by Gasteiger charge is 2.10. The number of carbonyl (C=O) groups is 2. The number of nitrogens with zero attached hydrogens (tertiary/aromatic N) is 1. The topological polar surface area (TPSA) is 66.8 Å². The van der Waals surface area contributed by atoms with Crippen molar-refractivity contribution in [3.63, 3.8) is 0 Å². The molecule has 0 aromatic heterocycles. The van der Waals surface area contributed by atoms with E-state index in [2.05, 4.69) is 0 Å². The van der Waals surface area contributed by atoms with E-state index in [4.69, 9.17) is 9.84 Å². The SMILES string of the molecule is CCOc1ccc(C(=O)CN(C)CCC(=O)O)cc1. The maximum absolute atomic E-state index is 11.9. The number of ether oxygens (including phenoxy) is 1. The van der Waals surface area contributed by atoms with Crippen molar-refractivity contribution in [2.24, 2.45) is 0 Å². The number of ketones is 1. The van der Waals surface area contributed by atoms with Gasteiger partial charge in [-0.05, 0) is 38.2 Å². The average Bonchev–Trinajstić information content (AvgIpc) is 2.37. The van der Waals surface area contributed by atoms with Crippen LogP contribution in [0.3, 0.4) is 0 Å². The number of aliphatic carboxylic acids is 1. The quantitative estimate of drug-likeness (QED) is 0.724. The maximum Gasteiger partial charge on any atom is 0.304 e. The van der Waals surface area contributed by atoms with Crippen molar-refractivity contribution in [1.82, 2.24) is 4.90 Å². The number of rotatable bonds is 8. The zero-order chi connectivity index (χ0) is 14.3. The molecule has 0 saturated heterocycles. The molecule has 0 bridgehead atoms. The number of hydrogen-bond donors (Lipinski definition) is 1. The molecule has 1 aromatic rings. The van der Waals surface area contributed by atoms with Crippen LogP contribution < -0.4 is 4.74 Å². The van der Waals surface area contributed by atoms with Gasteiger partial charge in [0.15, 0.2) is 5.78 Å². The van der Waals surface area contributed by atoms with Crippen molar-refractivity contribution in [2.75, 3.05) is 26.7 Å². The Hall–Kier alpha value is -1.88. The summed E-state index contributed by atoms with van der Waals surface area (Å²) in [4.78, 5) is 24.1. The first-order chi connectivity index (χ1) is 9.02. The highest BCUT2D eigenvalue weighted by Crippen LogP contribution is 2.12. The maximum atomic E-state index is 11.9. The molecule has 19 heavy (non-hydrogen) atoms. The highest BCUT2D eigenvalue weighted by molar-refractivity contribution is 5.97. The zero-order valence-corrected chi connectivity index (χ0v) is 11.3. The van der Waals surface area contributed by atoms with Crippen LogP contribution >= 0.6 is 0 Å². The van der Waals surface area contributed by atoms with Gasteiger partial charge in [0.25, 0.3) is 0 Å². The summed E-state index contributed by atoms with van der Waals surface area (Å²) in [6.45, 7) is 3.06.